The van der Waals surface area contributed by atoms with Crippen molar-refractivity contribution >= 4 is 5.82 Å². The van der Waals surface area contributed by atoms with Crippen molar-refractivity contribution in [3.8, 4) is 0 Å². The van der Waals surface area contributed by atoms with Gasteiger partial charge < -0.3 is 10.4 Å². The van der Waals surface area contributed by atoms with Crippen LogP contribution in [0.2, 0.25) is 0 Å². The fraction of sp³-hybridized carbons (Fsp3) is 0.786. The van der Waals surface area contributed by atoms with Gasteiger partial charge in [0.15, 0.2) is 0 Å². The Bertz CT molecular complexity index is 396. The number of rotatable bonds is 4. The first-order chi connectivity index (χ1) is 8.90. The number of hydrogen-bond acceptors (Lipinski definition) is 3. The van der Waals surface area contributed by atoms with Crippen LogP contribution in [0.1, 0.15) is 50.1 Å². The van der Waals surface area contributed by atoms with Gasteiger partial charge in [0.05, 0.1) is 12.2 Å². The topological polar surface area (TPSA) is 50.1 Å². The van der Waals surface area contributed by atoms with Crippen molar-refractivity contribution in [3.05, 3.63) is 11.8 Å². The fourth-order valence-corrected chi connectivity index (χ4v) is 3.53. The van der Waals surface area contributed by atoms with E-state index in [0.717, 1.165) is 25.3 Å². The molecule has 1 atom stereocenters. The van der Waals surface area contributed by atoms with Gasteiger partial charge in [-0.2, -0.15) is 5.10 Å². The summed E-state index contributed by atoms with van der Waals surface area (Å²) in [4.78, 5) is 0. The van der Waals surface area contributed by atoms with E-state index in [1.54, 1.807) is 0 Å². The highest BCUT2D eigenvalue weighted by Crippen LogP contribution is 2.39. The molecule has 4 heteroatoms. The number of fused-ring (bicyclic) bond motifs is 1. The molecule has 1 fully saturated rings. The van der Waals surface area contributed by atoms with Gasteiger partial charge in [-0.15, -0.1) is 0 Å². The Morgan fingerprint density at radius 2 is 2.17 bits per heavy atom. The van der Waals surface area contributed by atoms with Crippen LogP contribution < -0.4 is 5.32 Å². The predicted octanol–water partition coefficient (Wildman–Crippen LogP) is 2.35. The lowest BCUT2D eigenvalue weighted by atomic mass is 9.94. The van der Waals surface area contributed by atoms with E-state index < -0.39 is 0 Å². The Morgan fingerprint density at radius 1 is 1.33 bits per heavy atom. The van der Waals surface area contributed by atoms with Crippen molar-refractivity contribution in [2.45, 2.75) is 51.0 Å². The van der Waals surface area contributed by atoms with E-state index in [1.807, 2.05) is 6.20 Å². The quantitative estimate of drug-likeness (QED) is 0.861. The minimum absolute atomic E-state index is 0.261. The van der Waals surface area contributed by atoms with E-state index in [2.05, 4.69) is 15.1 Å². The molecule has 100 valence electrons. The third-order valence-electron chi connectivity index (χ3n) is 4.47. The SMILES string of the molecule is OCCCc1cnn2c1NCCC2C1CCCC1. The van der Waals surface area contributed by atoms with Gasteiger partial charge in [0.25, 0.3) is 0 Å². The molecule has 1 aromatic heterocycles. The summed E-state index contributed by atoms with van der Waals surface area (Å²) in [7, 11) is 0. The molecule has 2 aliphatic rings. The summed E-state index contributed by atoms with van der Waals surface area (Å²) in [5.41, 5.74) is 1.27. The molecule has 4 nitrogen and oxygen atoms in total. The number of aliphatic hydroxyl groups is 1. The van der Waals surface area contributed by atoms with Gasteiger partial charge in [0.1, 0.15) is 5.82 Å². The van der Waals surface area contributed by atoms with Crippen LogP contribution in [0.3, 0.4) is 0 Å². The summed E-state index contributed by atoms with van der Waals surface area (Å²) < 4.78 is 2.23. The normalized spacial score (nSPS) is 23.9. The van der Waals surface area contributed by atoms with E-state index >= 15 is 0 Å². The number of aryl methyl sites for hydroxylation is 1. The lowest BCUT2D eigenvalue weighted by Crippen LogP contribution is -2.28. The summed E-state index contributed by atoms with van der Waals surface area (Å²) in [6.07, 6.45) is 10.5. The van der Waals surface area contributed by atoms with Crippen LogP contribution in [0.5, 0.6) is 0 Å². The largest absolute Gasteiger partial charge is 0.396 e. The minimum atomic E-state index is 0.261. The number of anilines is 1. The van der Waals surface area contributed by atoms with Crippen molar-refractivity contribution < 1.29 is 5.11 Å². The van der Waals surface area contributed by atoms with Crippen LogP contribution in [0.25, 0.3) is 0 Å². The van der Waals surface area contributed by atoms with Crippen molar-refractivity contribution in [2.75, 3.05) is 18.5 Å². The average Bonchev–Trinajstić information content (AvgIpc) is 3.05. The Labute approximate surface area is 108 Å². The molecular formula is C14H23N3O. The zero-order valence-corrected chi connectivity index (χ0v) is 10.9. The second-order valence-electron chi connectivity index (χ2n) is 5.62. The molecule has 2 heterocycles. The maximum Gasteiger partial charge on any atom is 0.127 e. The van der Waals surface area contributed by atoms with E-state index in [0.29, 0.717) is 6.04 Å². The third kappa shape index (κ3) is 2.14. The maximum atomic E-state index is 8.95. The van der Waals surface area contributed by atoms with Gasteiger partial charge in [-0.25, -0.2) is 4.68 Å². The molecule has 2 N–H and O–H groups in total. The summed E-state index contributed by atoms with van der Waals surface area (Å²) in [6.45, 7) is 1.33. The van der Waals surface area contributed by atoms with Gasteiger partial charge >= 0.3 is 0 Å². The van der Waals surface area contributed by atoms with Gasteiger partial charge in [-0.05, 0) is 38.0 Å². The van der Waals surface area contributed by atoms with Gasteiger partial charge in [-0.1, -0.05) is 12.8 Å². The number of hydrogen-bond donors (Lipinski definition) is 2. The zero-order valence-electron chi connectivity index (χ0n) is 10.9. The first kappa shape index (κ1) is 12.0. The molecule has 1 unspecified atom stereocenters. The van der Waals surface area contributed by atoms with Crippen LogP contribution in [0, 0.1) is 5.92 Å². The van der Waals surface area contributed by atoms with E-state index in [9.17, 15) is 0 Å². The Morgan fingerprint density at radius 3 is 2.94 bits per heavy atom. The molecule has 3 rings (SSSR count). The molecule has 0 aromatic carbocycles. The summed E-state index contributed by atoms with van der Waals surface area (Å²) in [5, 5.41) is 17.0. The number of nitrogens with zero attached hydrogens (tertiary/aromatic N) is 2. The zero-order chi connectivity index (χ0) is 12.4. The van der Waals surface area contributed by atoms with Crippen molar-refractivity contribution in [1.29, 1.82) is 0 Å². The molecule has 0 amide bonds. The molecule has 0 saturated heterocycles. The van der Waals surface area contributed by atoms with Crippen LogP contribution in [-0.2, 0) is 6.42 Å². The third-order valence-corrected chi connectivity index (χ3v) is 4.47. The fourth-order valence-electron chi connectivity index (χ4n) is 3.53. The van der Waals surface area contributed by atoms with Gasteiger partial charge in [0.2, 0.25) is 0 Å². The molecule has 0 radical (unpaired) electrons. The maximum absolute atomic E-state index is 8.95. The number of nitrogens with one attached hydrogen (secondary N) is 1. The molecule has 1 aliphatic heterocycles. The van der Waals surface area contributed by atoms with E-state index in [4.69, 9.17) is 5.11 Å². The van der Waals surface area contributed by atoms with Crippen LogP contribution in [0.15, 0.2) is 6.20 Å². The first-order valence-corrected chi connectivity index (χ1v) is 7.31. The van der Waals surface area contributed by atoms with Gasteiger partial charge in [0, 0.05) is 18.7 Å². The van der Waals surface area contributed by atoms with Crippen LogP contribution in [0.4, 0.5) is 5.82 Å². The molecule has 18 heavy (non-hydrogen) atoms. The summed E-state index contributed by atoms with van der Waals surface area (Å²) in [5.74, 6) is 2.04. The second kappa shape index (κ2) is 5.31. The van der Waals surface area contributed by atoms with Crippen molar-refractivity contribution in [2.24, 2.45) is 5.92 Å². The van der Waals surface area contributed by atoms with Gasteiger partial charge in [-0.3, -0.25) is 0 Å². The molecule has 1 saturated carbocycles. The van der Waals surface area contributed by atoms with Crippen molar-refractivity contribution in [1.82, 2.24) is 9.78 Å². The average molecular weight is 249 g/mol. The van der Waals surface area contributed by atoms with Crippen LogP contribution in [-0.4, -0.2) is 28.0 Å². The summed E-state index contributed by atoms with van der Waals surface area (Å²) in [6, 6.07) is 0.603. The molecule has 1 aliphatic carbocycles. The lowest BCUT2D eigenvalue weighted by molar-refractivity contribution is 0.286. The summed E-state index contributed by atoms with van der Waals surface area (Å²) >= 11 is 0. The smallest absolute Gasteiger partial charge is 0.127 e. The molecule has 0 bridgehead atoms. The molecule has 1 aromatic rings. The Hall–Kier alpha value is -1.03. The van der Waals surface area contributed by atoms with E-state index in [-0.39, 0.29) is 6.61 Å². The Kier molecular flexibility index (Phi) is 3.55. The predicted molar refractivity (Wildman–Crippen MR) is 71.7 cm³/mol. The number of aliphatic hydroxyl groups excluding tert-OH is 1. The standard InChI is InChI=1S/C14H23N3O/c18-9-3-6-12-10-16-17-13(7-8-15-14(12)17)11-4-1-2-5-11/h10-11,13,15,18H,1-9H2. The highest BCUT2D eigenvalue weighted by molar-refractivity contribution is 5.45. The van der Waals surface area contributed by atoms with E-state index in [1.165, 1.54) is 43.5 Å². The monoisotopic (exact) mass is 249 g/mol. The molecule has 0 spiro atoms. The first-order valence-electron chi connectivity index (χ1n) is 7.31. The van der Waals surface area contributed by atoms with Crippen LogP contribution >= 0.6 is 0 Å². The highest BCUT2D eigenvalue weighted by Gasteiger charge is 2.31. The highest BCUT2D eigenvalue weighted by atomic mass is 16.2. The molecular weight excluding hydrogens is 226 g/mol. The Balaban J connectivity index is 1.80. The second-order valence-corrected chi connectivity index (χ2v) is 5.62. The number of aromatic nitrogens is 2. The lowest BCUT2D eigenvalue weighted by Gasteiger charge is -2.30. The van der Waals surface area contributed by atoms with Crippen molar-refractivity contribution in [3.63, 3.8) is 0 Å². The minimum Gasteiger partial charge on any atom is -0.396 e.